The minimum atomic E-state index is -0.175. The Hall–Kier alpha value is -2.39. The van der Waals surface area contributed by atoms with E-state index in [1.807, 2.05) is 36.6 Å². The number of nitrogens with one attached hydrogen (secondary N) is 1. The molecule has 0 radical (unpaired) electrons. The Labute approximate surface area is 146 Å². The summed E-state index contributed by atoms with van der Waals surface area (Å²) in [6.07, 6.45) is 0. The van der Waals surface area contributed by atoms with Crippen LogP contribution < -0.4 is 10.1 Å². The molecule has 1 aromatic carbocycles. The quantitative estimate of drug-likeness (QED) is 0.673. The highest BCUT2D eigenvalue weighted by Crippen LogP contribution is 2.30. The fourth-order valence-corrected chi connectivity index (χ4v) is 3.16. The second-order valence-electron chi connectivity index (χ2n) is 4.70. The minimum Gasteiger partial charge on any atom is -0.496 e. The van der Waals surface area contributed by atoms with Gasteiger partial charge in [0, 0.05) is 5.38 Å². The fourth-order valence-electron chi connectivity index (χ4n) is 1.89. The van der Waals surface area contributed by atoms with Crippen LogP contribution in [0.1, 0.15) is 5.69 Å². The Morgan fingerprint density at radius 2 is 2.21 bits per heavy atom. The molecule has 0 aliphatic rings. The molecule has 3 rings (SSSR count). The molecule has 9 heteroatoms. The molecule has 0 atom stereocenters. The molecule has 7 nitrogen and oxygen atoms in total. The highest BCUT2D eigenvalue weighted by Gasteiger charge is 2.14. The van der Waals surface area contributed by atoms with Crippen LogP contribution in [0.25, 0.3) is 11.5 Å². The molecule has 3 aromatic rings. The summed E-state index contributed by atoms with van der Waals surface area (Å²) in [5.41, 5.74) is 1.59. The molecule has 0 aliphatic carbocycles. The molecule has 124 valence electrons. The summed E-state index contributed by atoms with van der Waals surface area (Å²) in [5.74, 6) is 0.985. The molecule has 0 aliphatic heterocycles. The number of carbonyl (C=O) groups is 1. The lowest BCUT2D eigenvalue weighted by Crippen LogP contribution is -2.13. The van der Waals surface area contributed by atoms with Crippen LogP contribution in [0.15, 0.2) is 39.3 Å². The van der Waals surface area contributed by atoms with Crippen molar-refractivity contribution in [3.05, 3.63) is 35.3 Å². The Balaban J connectivity index is 1.61. The summed E-state index contributed by atoms with van der Waals surface area (Å²) in [6.45, 7) is 1.87. The van der Waals surface area contributed by atoms with E-state index in [2.05, 4.69) is 20.5 Å². The Morgan fingerprint density at radius 1 is 1.38 bits per heavy atom. The van der Waals surface area contributed by atoms with E-state index < -0.39 is 0 Å². The van der Waals surface area contributed by atoms with Gasteiger partial charge in [-0.25, -0.2) is 4.98 Å². The first kappa shape index (κ1) is 16.5. The number of hydrogen-bond acceptors (Lipinski definition) is 8. The van der Waals surface area contributed by atoms with E-state index in [0.717, 1.165) is 5.69 Å². The predicted octanol–water partition coefficient (Wildman–Crippen LogP) is 3.24. The van der Waals surface area contributed by atoms with Crippen LogP contribution in [-0.4, -0.2) is 34.0 Å². The van der Waals surface area contributed by atoms with Gasteiger partial charge in [-0.2, -0.15) is 0 Å². The van der Waals surface area contributed by atoms with Gasteiger partial charge in [0.15, 0.2) is 5.13 Å². The maximum atomic E-state index is 11.9. The average molecular weight is 362 g/mol. The molecule has 2 heterocycles. The summed E-state index contributed by atoms with van der Waals surface area (Å²) < 4.78 is 10.9. The number of amides is 1. The van der Waals surface area contributed by atoms with Gasteiger partial charge in [-0.15, -0.1) is 21.5 Å². The number of carbonyl (C=O) groups excluding carboxylic acids is 1. The van der Waals surface area contributed by atoms with Crippen molar-refractivity contribution in [3.63, 3.8) is 0 Å². The Kier molecular flexibility index (Phi) is 5.11. The molecule has 0 fully saturated rings. The van der Waals surface area contributed by atoms with E-state index in [9.17, 15) is 4.79 Å². The lowest BCUT2D eigenvalue weighted by Gasteiger charge is -2.03. The van der Waals surface area contributed by atoms with Crippen molar-refractivity contribution in [2.24, 2.45) is 0 Å². The number of methoxy groups -OCH3 is 1. The van der Waals surface area contributed by atoms with E-state index in [4.69, 9.17) is 9.15 Å². The number of rotatable bonds is 6. The van der Waals surface area contributed by atoms with Crippen molar-refractivity contribution >= 4 is 34.1 Å². The first-order valence-corrected chi connectivity index (χ1v) is 8.84. The lowest BCUT2D eigenvalue weighted by atomic mass is 10.2. The molecule has 0 unspecified atom stereocenters. The van der Waals surface area contributed by atoms with Gasteiger partial charge in [-0.1, -0.05) is 23.9 Å². The molecule has 2 aromatic heterocycles. The van der Waals surface area contributed by atoms with Crippen LogP contribution in [0.3, 0.4) is 0 Å². The van der Waals surface area contributed by atoms with Gasteiger partial charge in [0.2, 0.25) is 5.91 Å². The monoisotopic (exact) mass is 362 g/mol. The van der Waals surface area contributed by atoms with E-state index in [-0.39, 0.29) is 11.7 Å². The van der Waals surface area contributed by atoms with Gasteiger partial charge < -0.3 is 14.5 Å². The zero-order valence-electron chi connectivity index (χ0n) is 13.0. The van der Waals surface area contributed by atoms with Crippen molar-refractivity contribution in [3.8, 4) is 17.2 Å². The van der Waals surface area contributed by atoms with Gasteiger partial charge in [0.25, 0.3) is 11.1 Å². The van der Waals surface area contributed by atoms with Gasteiger partial charge >= 0.3 is 0 Å². The number of aromatic nitrogens is 3. The Bertz CT molecular complexity index is 847. The third-order valence-electron chi connectivity index (χ3n) is 2.94. The number of nitrogens with zero attached hydrogens (tertiary/aromatic N) is 3. The predicted molar refractivity (Wildman–Crippen MR) is 92.5 cm³/mol. The van der Waals surface area contributed by atoms with Crippen molar-refractivity contribution < 1.29 is 13.9 Å². The number of hydrogen-bond donors (Lipinski definition) is 1. The summed E-state index contributed by atoms with van der Waals surface area (Å²) in [6, 6.07) is 7.37. The highest BCUT2D eigenvalue weighted by atomic mass is 32.2. The maximum absolute atomic E-state index is 11.9. The van der Waals surface area contributed by atoms with Crippen molar-refractivity contribution in [2.45, 2.75) is 12.1 Å². The number of anilines is 1. The second-order valence-corrected chi connectivity index (χ2v) is 6.49. The molecular weight excluding hydrogens is 348 g/mol. The van der Waals surface area contributed by atoms with Crippen LogP contribution in [0.2, 0.25) is 0 Å². The number of aryl methyl sites for hydroxylation is 1. The minimum absolute atomic E-state index is 0.159. The molecule has 24 heavy (non-hydrogen) atoms. The smallest absolute Gasteiger partial charge is 0.277 e. The first-order chi connectivity index (χ1) is 11.7. The van der Waals surface area contributed by atoms with Crippen molar-refractivity contribution in [1.29, 1.82) is 0 Å². The maximum Gasteiger partial charge on any atom is 0.277 e. The lowest BCUT2D eigenvalue weighted by molar-refractivity contribution is -0.113. The standard InChI is InChI=1S/C15H14N4O3S2/c1-9-7-23-14(16-9)17-12(20)8-24-15-19-18-13(22-15)10-5-3-4-6-11(10)21-2/h3-7H,8H2,1-2H3,(H,16,17,20). The van der Waals surface area contributed by atoms with E-state index in [0.29, 0.717) is 27.6 Å². The van der Waals surface area contributed by atoms with Crippen LogP contribution in [0, 0.1) is 6.92 Å². The largest absolute Gasteiger partial charge is 0.496 e. The highest BCUT2D eigenvalue weighted by molar-refractivity contribution is 7.99. The Morgan fingerprint density at radius 3 is 2.96 bits per heavy atom. The topological polar surface area (TPSA) is 90.1 Å². The normalized spacial score (nSPS) is 10.6. The molecule has 1 N–H and O–H groups in total. The molecular formula is C15H14N4O3S2. The molecule has 0 saturated carbocycles. The zero-order chi connectivity index (χ0) is 16.9. The van der Waals surface area contributed by atoms with E-state index in [1.54, 1.807) is 7.11 Å². The number of thiazole rings is 1. The third-order valence-corrected chi connectivity index (χ3v) is 4.63. The number of thioether (sulfide) groups is 1. The van der Waals surface area contributed by atoms with Crippen LogP contribution >= 0.6 is 23.1 Å². The summed E-state index contributed by atoms with van der Waals surface area (Å²) in [7, 11) is 1.58. The van der Waals surface area contributed by atoms with Crippen molar-refractivity contribution in [1.82, 2.24) is 15.2 Å². The third kappa shape index (κ3) is 3.92. The second kappa shape index (κ2) is 7.45. The van der Waals surface area contributed by atoms with Gasteiger partial charge in [-0.3, -0.25) is 4.79 Å². The average Bonchev–Trinajstić information content (AvgIpc) is 3.22. The van der Waals surface area contributed by atoms with Gasteiger partial charge in [-0.05, 0) is 19.1 Å². The van der Waals surface area contributed by atoms with Crippen LogP contribution in [-0.2, 0) is 4.79 Å². The van der Waals surface area contributed by atoms with E-state index in [1.165, 1.54) is 23.1 Å². The SMILES string of the molecule is COc1ccccc1-c1nnc(SCC(=O)Nc2nc(C)cs2)o1. The van der Waals surface area contributed by atoms with E-state index >= 15 is 0 Å². The molecule has 0 bridgehead atoms. The van der Waals surface area contributed by atoms with Crippen molar-refractivity contribution in [2.75, 3.05) is 18.2 Å². The molecule has 0 saturated heterocycles. The summed E-state index contributed by atoms with van der Waals surface area (Å²) >= 11 is 2.55. The summed E-state index contributed by atoms with van der Waals surface area (Å²) in [5, 5.41) is 13.5. The molecule has 1 amide bonds. The zero-order valence-corrected chi connectivity index (χ0v) is 14.6. The van der Waals surface area contributed by atoms with Gasteiger partial charge in [0.05, 0.1) is 24.1 Å². The number of benzene rings is 1. The number of ether oxygens (including phenoxy) is 1. The summed E-state index contributed by atoms with van der Waals surface area (Å²) in [4.78, 5) is 16.1. The first-order valence-electron chi connectivity index (χ1n) is 6.97. The van der Waals surface area contributed by atoms with Gasteiger partial charge in [0.1, 0.15) is 5.75 Å². The molecule has 0 spiro atoms. The van der Waals surface area contributed by atoms with Crippen LogP contribution in [0.5, 0.6) is 5.75 Å². The number of para-hydroxylation sites is 1. The fraction of sp³-hybridized carbons (Fsp3) is 0.200. The van der Waals surface area contributed by atoms with Crippen LogP contribution in [0.4, 0.5) is 5.13 Å².